The number of phenols is 1. The van der Waals surface area contributed by atoms with E-state index in [9.17, 15) is 14.3 Å². The number of benzene rings is 2. The molecule has 0 radical (unpaired) electrons. The van der Waals surface area contributed by atoms with E-state index in [0.29, 0.717) is 12.2 Å². The SMILES string of the molecule is COC(=O)C(Cc1ccc(O)cc1)SCc1ccc(F)cc1. The van der Waals surface area contributed by atoms with Crippen molar-refractivity contribution < 1.29 is 19.0 Å². The van der Waals surface area contributed by atoms with Crippen molar-refractivity contribution in [3.63, 3.8) is 0 Å². The molecule has 0 aliphatic heterocycles. The summed E-state index contributed by atoms with van der Waals surface area (Å²) < 4.78 is 17.7. The molecule has 1 unspecified atom stereocenters. The van der Waals surface area contributed by atoms with Crippen LogP contribution >= 0.6 is 11.8 Å². The van der Waals surface area contributed by atoms with Crippen molar-refractivity contribution in [1.82, 2.24) is 0 Å². The van der Waals surface area contributed by atoms with E-state index < -0.39 is 0 Å². The van der Waals surface area contributed by atoms with Gasteiger partial charge in [-0.25, -0.2) is 4.39 Å². The zero-order chi connectivity index (χ0) is 15.9. The summed E-state index contributed by atoms with van der Waals surface area (Å²) >= 11 is 1.45. The smallest absolute Gasteiger partial charge is 0.319 e. The van der Waals surface area contributed by atoms with Crippen LogP contribution in [0.15, 0.2) is 48.5 Å². The van der Waals surface area contributed by atoms with E-state index >= 15 is 0 Å². The number of rotatable bonds is 6. The van der Waals surface area contributed by atoms with Crippen molar-refractivity contribution in [2.45, 2.75) is 17.4 Å². The Morgan fingerprint density at radius 1 is 1.14 bits per heavy atom. The van der Waals surface area contributed by atoms with Gasteiger partial charge in [-0.1, -0.05) is 24.3 Å². The Morgan fingerprint density at radius 3 is 2.32 bits per heavy atom. The summed E-state index contributed by atoms with van der Waals surface area (Å²) in [6, 6.07) is 13.0. The van der Waals surface area contributed by atoms with Gasteiger partial charge in [0.05, 0.1) is 7.11 Å². The fourth-order valence-electron chi connectivity index (χ4n) is 1.97. The van der Waals surface area contributed by atoms with Gasteiger partial charge in [0, 0.05) is 5.75 Å². The summed E-state index contributed by atoms with van der Waals surface area (Å²) in [5, 5.41) is 8.95. The number of phenolic OH excluding ortho intramolecular Hbond substituents is 1. The van der Waals surface area contributed by atoms with Gasteiger partial charge in [-0.2, -0.15) is 0 Å². The lowest BCUT2D eigenvalue weighted by Gasteiger charge is -2.14. The van der Waals surface area contributed by atoms with Crippen molar-refractivity contribution in [2.24, 2.45) is 0 Å². The Morgan fingerprint density at radius 2 is 1.73 bits per heavy atom. The number of hydrogen-bond donors (Lipinski definition) is 1. The molecule has 116 valence electrons. The molecule has 2 aromatic rings. The first-order chi connectivity index (χ1) is 10.6. The Balaban J connectivity index is 2.01. The fraction of sp³-hybridized carbons (Fsp3) is 0.235. The second kappa shape index (κ2) is 7.84. The topological polar surface area (TPSA) is 46.5 Å². The van der Waals surface area contributed by atoms with Gasteiger partial charge in [-0.3, -0.25) is 4.79 Å². The van der Waals surface area contributed by atoms with E-state index in [4.69, 9.17) is 4.74 Å². The summed E-state index contributed by atoms with van der Waals surface area (Å²) in [5.41, 5.74) is 1.89. The maximum atomic E-state index is 12.9. The molecule has 0 aromatic heterocycles. The zero-order valence-electron chi connectivity index (χ0n) is 12.2. The van der Waals surface area contributed by atoms with Gasteiger partial charge >= 0.3 is 5.97 Å². The number of ether oxygens (including phenoxy) is 1. The van der Waals surface area contributed by atoms with E-state index in [1.54, 1.807) is 36.4 Å². The third-order valence-corrected chi connectivity index (χ3v) is 4.45. The summed E-state index contributed by atoms with van der Waals surface area (Å²) in [6.07, 6.45) is 0.513. The lowest BCUT2D eigenvalue weighted by Crippen LogP contribution is -2.21. The van der Waals surface area contributed by atoms with Crippen molar-refractivity contribution >= 4 is 17.7 Å². The molecule has 0 saturated carbocycles. The predicted molar refractivity (Wildman–Crippen MR) is 85.3 cm³/mol. The van der Waals surface area contributed by atoms with Gasteiger partial charge in [-0.05, 0) is 41.8 Å². The molecular weight excluding hydrogens is 303 g/mol. The molecular formula is C17H17FO3S. The summed E-state index contributed by atoms with van der Waals surface area (Å²) in [4.78, 5) is 11.9. The molecule has 0 spiro atoms. The van der Waals surface area contributed by atoms with Crippen molar-refractivity contribution in [3.05, 3.63) is 65.5 Å². The molecule has 0 aliphatic rings. The summed E-state index contributed by atoms with van der Waals surface area (Å²) in [5.74, 6) is 0.220. The molecule has 2 rings (SSSR count). The minimum absolute atomic E-state index is 0.192. The van der Waals surface area contributed by atoms with Crippen LogP contribution in [0.3, 0.4) is 0 Å². The molecule has 0 heterocycles. The summed E-state index contributed by atoms with van der Waals surface area (Å²) in [6.45, 7) is 0. The Kier molecular flexibility index (Phi) is 5.83. The minimum atomic E-state index is -0.348. The van der Waals surface area contributed by atoms with Crippen LogP contribution in [0.25, 0.3) is 0 Å². The molecule has 0 amide bonds. The predicted octanol–water partition coefficient (Wildman–Crippen LogP) is 3.55. The third kappa shape index (κ3) is 4.77. The molecule has 5 heteroatoms. The Hall–Kier alpha value is -2.01. The lowest BCUT2D eigenvalue weighted by molar-refractivity contribution is -0.139. The Labute approximate surface area is 133 Å². The zero-order valence-corrected chi connectivity index (χ0v) is 13.0. The summed E-state index contributed by atoms with van der Waals surface area (Å²) in [7, 11) is 1.37. The van der Waals surface area contributed by atoms with E-state index in [1.807, 2.05) is 0 Å². The molecule has 2 aromatic carbocycles. The highest BCUT2D eigenvalue weighted by molar-refractivity contribution is 7.99. The van der Waals surface area contributed by atoms with Crippen LogP contribution in [0, 0.1) is 5.82 Å². The average Bonchev–Trinajstić information content (AvgIpc) is 2.54. The molecule has 0 aliphatic carbocycles. The monoisotopic (exact) mass is 320 g/mol. The average molecular weight is 320 g/mol. The highest BCUT2D eigenvalue weighted by atomic mass is 32.2. The van der Waals surface area contributed by atoms with Crippen molar-refractivity contribution in [3.8, 4) is 5.75 Å². The van der Waals surface area contributed by atoms with Gasteiger partial charge in [-0.15, -0.1) is 11.8 Å². The van der Waals surface area contributed by atoms with Crippen LogP contribution in [-0.4, -0.2) is 23.4 Å². The molecule has 1 atom stereocenters. The molecule has 1 N–H and O–H groups in total. The number of hydrogen-bond acceptors (Lipinski definition) is 4. The number of carbonyl (C=O) groups excluding carboxylic acids is 1. The van der Waals surface area contributed by atoms with Gasteiger partial charge in [0.15, 0.2) is 0 Å². The normalized spacial score (nSPS) is 11.9. The number of thioether (sulfide) groups is 1. The highest BCUT2D eigenvalue weighted by Crippen LogP contribution is 2.23. The highest BCUT2D eigenvalue weighted by Gasteiger charge is 2.20. The molecule has 0 bridgehead atoms. The van der Waals surface area contributed by atoms with Gasteiger partial charge < -0.3 is 9.84 Å². The molecule has 0 fully saturated rings. The van der Waals surface area contributed by atoms with Crippen molar-refractivity contribution in [2.75, 3.05) is 7.11 Å². The fourth-order valence-corrected chi connectivity index (χ4v) is 3.09. The van der Waals surface area contributed by atoms with Crippen LogP contribution < -0.4 is 0 Å². The van der Waals surface area contributed by atoms with Crippen LogP contribution in [0.2, 0.25) is 0 Å². The quantitative estimate of drug-likeness (QED) is 0.827. The van der Waals surface area contributed by atoms with E-state index in [-0.39, 0.29) is 22.8 Å². The van der Waals surface area contributed by atoms with Crippen LogP contribution in [0.5, 0.6) is 5.75 Å². The van der Waals surface area contributed by atoms with E-state index in [0.717, 1.165) is 11.1 Å². The third-order valence-electron chi connectivity index (χ3n) is 3.19. The first kappa shape index (κ1) is 16.4. The van der Waals surface area contributed by atoms with E-state index in [2.05, 4.69) is 0 Å². The van der Waals surface area contributed by atoms with E-state index in [1.165, 1.54) is 31.0 Å². The first-order valence-electron chi connectivity index (χ1n) is 6.80. The molecule has 3 nitrogen and oxygen atoms in total. The lowest BCUT2D eigenvalue weighted by atomic mass is 10.1. The number of esters is 1. The maximum Gasteiger partial charge on any atom is 0.319 e. The molecule has 22 heavy (non-hydrogen) atoms. The van der Waals surface area contributed by atoms with Crippen LogP contribution in [0.4, 0.5) is 4.39 Å². The maximum absolute atomic E-state index is 12.9. The minimum Gasteiger partial charge on any atom is -0.508 e. The standard InChI is InChI=1S/C17H17FO3S/c1-21-17(20)16(10-12-4-8-15(19)9-5-12)22-11-13-2-6-14(18)7-3-13/h2-9,16,19H,10-11H2,1H3. The number of aromatic hydroxyl groups is 1. The number of halogens is 1. The number of methoxy groups -OCH3 is 1. The van der Waals surface area contributed by atoms with Crippen molar-refractivity contribution in [1.29, 1.82) is 0 Å². The number of carbonyl (C=O) groups is 1. The van der Waals surface area contributed by atoms with Gasteiger partial charge in [0.1, 0.15) is 16.8 Å². The van der Waals surface area contributed by atoms with Crippen LogP contribution in [0.1, 0.15) is 11.1 Å². The van der Waals surface area contributed by atoms with Crippen LogP contribution in [-0.2, 0) is 21.7 Å². The van der Waals surface area contributed by atoms with Gasteiger partial charge in [0.25, 0.3) is 0 Å². The second-order valence-electron chi connectivity index (χ2n) is 4.82. The first-order valence-corrected chi connectivity index (χ1v) is 7.85. The Bertz CT molecular complexity index is 611. The largest absolute Gasteiger partial charge is 0.508 e. The second-order valence-corrected chi connectivity index (χ2v) is 6.01. The molecule has 0 saturated heterocycles. The van der Waals surface area contributed by atoms with Gasteiger partial charge in [0.2, 0.25) is 0 Å².